The smallest absolute Gasteiger partial charge is 0.278 e. The van der Waals surface area contributed by atoms with Crippen LogP contribution < -0.4 is 10.5 Å². The molecule has 2 N–H and O–H groups in total. The minimum atomic E-state index is -3.02. The Bertz CT molecular complexity index is 614. The molecular weight excluding hydrogens is 319 g/mol. The maximum Gasteiger partial charge on any atom is 0.278 e. The monoisotopic (exact) mass is 335 g/mol. The Morgan fingerprint density at radius 2 is 2.05 bits per heavy atom. The second-order valence-electron chi connectivity index (χ2n) is 4.78. The number of nitrogens with two attached hydrogens (primary N) is 1. The van der Waals surface area contributed by atoms with E-state index in [0.29, 0.717) is 25.6 Å². The normalized spacial score (nSPS) is 11.1. The van der Waals surface area contributed by atoms with Crippen LogP contribution in [-0.4, -0.2) is 28.9 Å². The van der Waals surface area contributed by atoms with Gasteiger partial charge < -0.3 is 10.5 Å². The van der Waals surface area contributed by atoms with Gasteiger partial charge in [0.1, 0.15) is 0 Å². The van der Waals surface area contributed by atoms with Gasteiger partial charge in [0, 0.05) is 25.2 Å². The highest BCUT2D eigenvalue weighted by Gasteiger charge is 2.23. The van der Waals surface area contributed by atoms with E-state index in [1.165, 1.54) is 18.2 Å². The predicted molar refractivity (Wildman–Crippen MR) is 80.0 cm³/mol. The van der Waals surface area contributed by atoms with Crippen molar-refractivity contribution in [2.75, 3.05) is 13.2 Å². The Morgan fingerprint density at radius 3 is 2.68 bits per heavy atom. The van der Waals surface area contributed by atoms with Gasteiger partial charge in [-0.05, 0) is 17.7 Å². The molecular formula is C14H17ClF3N3O. The highest BCUT2D eigenvalue weighted by atomic mass is 35.5. The number of aromatic nitrogens is 2. The molecule has 4 nitrogen and oxygen atoms in total. The van der Waals surface area contributed by atoms with Crippen molar-refractivity contribution in [1.29, 1.82) is 0 Å². The van der Waals surface area contributed by atoms with Gasteiger partial charge in [0.15, 0.2) is 18.2 Å². The fourth-order valence-electron chi connectivity index (χ4n) is 1.77. The van der Waals surface area contributed by atoms with E-state index in [-0.39, 0.29) is 18.2 Å². The van der Waals surface area contributed by atoms with Crippen LogP contribution >= 0.6 is 12.4 Å². The number of benzene rings is 1. The minimum absolute atomic E-state index is 0. The molecule has 0 saturated heterocycles. The van der Waals surface area contributed by atoms with Crippen LogP contribution in [-0.2, 0) is 6.54 Å². The van der Waals surface area contributed by atoms with E-state index in [2.05, 4.69) is 5.10 Å². The van der Waals surface area contributed by atoms with Crippen molar-refractivity contribution >= 4 is 12.4 Å². The third kappa shape index (κ3) is 4.92. The summed E-state index contributed by atoms with van der Waals surface area (Å²) in [7, 11) is 0. The maximum absolute atomic E-state index is 13.6. The third-order valence-corrected chi connectivity index (χ3v) is 2.74. The van der Waals surface area contributed by atoms with Gasteiger partial charge in [-0.1, -0.05) is 6.07 Å². The summed E-state index contributed by atoms with van der Waals surface area (Å²) in [6.07, 6.45) is 3.35. The van der Waals surface area contributed by atoms with E-state index in [9.17, 15) is 13.2 Å². The molecule has 0 fully saturated rings. The first-order valence-corrected chi connectivity index (χ1v) is 6.42. The number of hydrogen-bond donors (Lipinski definition) is 1. The first-order valence-electron chi connectivity index (χ1n) is 6.42. The van der Waals surface area contributed by atoms with E-state index in [4.69, 9.17) is 10.5 Å². The molecule has 0 radical (unpaired) electrons. The van der Waals surface area contributed by atoms with Crippen LogP contribution in [0.1, 0.15) is 6.92 Å². The highest BCUT2D eigenvalue weighted by molar-refractivity contribution is 5.85. The molecule has 122 valence electrons. The SMILES string of the molecule is CC(F)(F)COc1cc(-c2cnn(CCN)c2)ccc1F.Cl. The second kappa shape index (κ2) is 7.51. The summed E-state index contributed by atoms with van der Waals surface area (Å²) in [5, 5.41) is 4.10. The van der Waals surface area contributed by atoms with Crippen molar-refractivity contribution in [2.24, 2.45) is 5.73 Å². The topological polar surface area (TPSA) is 53.1 Å². The Kier molecular flexibility index (Phi) is 6.25. The zero-order valence-corrected chi connectivity index (χ0v) is 12.7. The van der Waals surface area contributed by atoms with Crippen molar-refractivity contribution in [3.8, 4) is 16.9 Å². The van der Waals surface area contributed by atoms with Crippen molar-refractivity contribution in [3.63, 3.8) is 0 Å². The summed E-state index contributed by atoms with van der Waals surface area (Å²) in [6, 6.07) is 4.10. The zero-order valence-electron chi connectivity index (χ0n) is 11.9. The van der Waals surface area contributed by atoms with Gasteiger partial charge in [0.2, 0.25) is 0 Å². The number of rotatable bonds is 6. The lowest BCUT2D eigenvalue weighted by atomic mass is 10.1. The van der Waals surface area contributed by atoms with Gasteiger partial charge in [-0.2, -0.15) is 5.10 Å². The molecule has 1 aromatic carbocycles. The molecule has 0 aliphatic carbocycles. The zero-order chi connectivity index (χ0) is 15.5. The molecule has 0 saturated carbocycles. The summed E-state index contributed by atoms with van der Waals surface area (Å²) in [5.41, 5.74) is 6.80. The molecule has 2 aromatic rings. The largest absolute Gasteiger partial charge is 0.484 e. The average Bonchev–Trinajstić information content (AvgIpc) is 2.86. The fraction of sp³-hybridized carbons (Fsp3) is 0.357. The summed E-state index contributed by atoms with van der Waals surface area (Å²) >= 11 is 0. The number of hydrogen-bond acceptors (Lipinski definition) is 3. The van der Waals surface area contributed by atoms with Gasteiger partial charge in [0.05, 0.1) is 12.7 Å². The highest BCUT2D eigenvalue weighted by Crippen LogP contribution is 2.27. The number of alkyl halides is 2. The first kappa shape index (κ1) is 18.3. The Balaban J connectivity index is 0.00000242. The van der Waals surface area contributed by atoms with Crippen LogP contribution in [0.5, 0.6) is 5.75 Å². The summed E-state index contributed by atoms with van der Waals surface area (Å²) < 4.78 is 45.6. The standard InChI is InChI=1S/C14H16F3N3O.ClH/c1-14(16,17)9-21-13-6-10(2-3-12(13)15)11-7-19-20(8-11)5-4-18;/h2-3,6-8H,4-5,9,18H2,1H3;1H. The van der Waals surface area contributed by atoms with Crippen molar-refractivity contribution < 1.29 is 17.9 Å². The lowest BCUT2D eigenvalue weighted by Crippen LogP contribution is -2.21. The van der Waals surface area contributed by atoms with Crippen molar-refractivity contribution in [2.45, 2.75) is 19.4 Å². The quantitative estimate of drug-likeness (QED) is 0.882. The Hall–Kier alpha value is -1.73. The lowest BCUT2D eigenvalue weighted by Gasteiger charge is -2.13. The lowest BCUT2D eigenvalue weighted by molar-refractivity contribution is -0.0239. The second-order valence-corrected chi connectivity index (χ2v) is 4.78. The summed E-state index contributed by atoms with van der Waals surface area (Å²) in [4.78, 5) is 0. The molecule has 0 bridgehead atoms. The molecule has 0 atom stereocenters. The summed E-state index contributed by atoms with van der Waals surface area (Å²) in [6.45, 7) is 0.850. The minimum Gasteiger partial charge on any atom is -0.484 e. The van der Waals surface area contributed by atoms with E-state index < -0.39 is 18.3 Å². The van der Waals surface area contributed by atoms with Gasteiger partial charge in [-0.3, -0.25) is 4.68 Å². The molecule has 0 aliphatic rings. The number of halogens is 4. The fourth-order valence-corrected chi connectivity index (χ4v) is 1.77. The van der Waals surface area contributed by atoms with Crippen LogP contribution in [0.15, 0.2) is 30.6 Å². The molecule has 1 heterocycles. The van der Waals surface area contributed by atoms with Crippen LogP contribution in [0, 0.1) is 5.82 Å². The van der Waals surface area contributed by atoms with Crippen molar-refractivity contribution in [1.82, 2.24) is 9.78 Å². The number of nitrogens with zero attached hydrogens (tertiary/aromatic N) is 2. The average molecular weight is 336 g/mol. The first-order chi connectivity index (χ1) is 9.89. The van der Waals surface area contributed by atoms with Crippen LogP contribution in [0.3, 0.4) is 0 Å². The van der Waals surface area contributed by atoms with Crippen LogP contribution in [0.4, 0.5) is 13.2 Å². The molecule has 0 aliphatic heterocycles. The Morgan fingerprint density at radius 1 is 1.32 bits per heavy atom. The molecule has 22 heavy (non-hydrogen) atoms. The molecule has 0 unspecified atom stereocenters. The van der Waals surface area contributed by atoms with Gasteiger partial charge in [-0.15, -0.1) is 12.4 Å². The van der Waals surface area contributed by atoms with Gasteiger partial charge in [0.25, 0.3) is 5.92 Å². The van der Waals surface area contributed by atoms with E-state index in [1.54, 1.807) is 17.1 Å². The third-order valence-electron chi connectivity index (χ3n) is 2.74. The van der Waals surface area contributed by atoms with E-state index in [1.807, 2.05) is 0 Å². The Labute approximate surface area is 132 Å². The molecule has 2 rings (SSSR count). The predicted octanol–water partition coefficient (Wildman–Crippen LogP) is 3.10. The number of ether oxygens (including phenoxy) is 1. The molecule has 0 amide bonds. The van der Waals surface area contributed by atoms with E-state index >= 15 is 0 Å². The van der Waals surface area contributed by atoms with Gasteiger partial charge in [-0.25, -0.2) is 13.2 Å². The van der Waals surface area contributed by atoms with Crippen LogP contribution in [0.2, 0.25) is 0 Å². The van der Waals surface area contributed by atoms with Crippen molar-refractivity contribution in [3.05, 3.63) is 36.4 Å². The molecule has 8 heteroatoms. The van der Waals surface area contributed by atoms with Gasteiger partial charge >= 0.3 is 0 Å². The van der Waals surface area contributed by atoms with E-state index in [0.717, 1.165) is 5.56 Å². The summed E-state index contributed by atoms with van der Waals surface area (Å²) in [5.74, 6) is -3.91. The van der Waals surface area contributed by atoms with Crippen LogP contribution in [0.25, 0.3) is 11.1 Å². The molecule has 1 aromatic heterocycles. The molecule has 0 spiro atoms. The maximum atomic E-state index is 13.6.